The number of nitrogens with zero attached hydrogens (tertiary/aromatic N) is 5. The third-order valence-electron chi connectivity index (χ3n) is 5.13. The Kier molecular flexibility index (Phi) is 5.32. The molecule has 2 N–H and O–H groups in total. The minimum atomic E-state index is 0.743. The number of benzene rings is 1. The van der Waals surface area contributed by atoms with Crippen LogP contribution in [-0.2, 0) is 0 Å². The van der Waals surface area contributed by atoms with Crippen molar-refractivity contribution in [3.63, 3.8) is 0 Å². The molecule has 28 heavy (non-hydrogen) atoms. The molecule has 0 unspecified atom stereocenters. The van der Waals surface area contributed by atoms with E-state index in [4.69, 9.17) is 0 Å². The van der Waals surface area contributed by atoms with Crippen LogP contribution in [0.15, 0.2) is 48.8 Å². The van der Waals surface area contributed by atoms with Gasteiger partial charge in [0.1, 0.15) is 18.0 Å². The molecule has 4 rings (SSSR count). The van der Waals surface area contributed by atoms with E-state index in [0.717, 1.165) is 53.4 Å². The zero-order valence-electron chi connectivity index (χ0n) is 16.3. The Hall–Kier alpha value is -3.22. The van der Waals surface area contributed by atoms with Crippen molar-refractivity contribution in [1.82, 2.24) is 20.2 Å². The van der Waals surface area contributed by atoms with Crippen molar-refractivity contribution in [1.29, 1.82) is 0 Å². The Balaban J connectivity index is 1.43. The highest BCUT2D eigenvalue weighted by atomic mass is 15.3. The zero-order chi connectivity index (χ0) is 19.3. The maximum atomic E-state index is 4.45. The average molecular weight is 375 g/mol. The Morgan fingerprint density at radius 3 is 2.36 bits per heavy atom. The molecule has 0 spiro atoms. The zero-order valence-corrected chi connectivity index (χ0v) is 16.3. The van der Waals surface area contributed by atoms with E-state index < -0.39 is 0 Å². The van der Waals surface area contributed by atoms with Crippen LogP contribution >= 0.6 is 0 Å². The summed E-state index contributed by atoms with van der Waals surface area (Å²) in [5.41, 5.74) is 2.87. The third kappa shape index (κ3) is 4.19. The number of piperidine rings is 1. The second kappa shape index (κ2) is 8.21. The van der Waals surface area contributed by atoms with Gasteiger partial charge in [0.2, 0.25) is 0 Å². The lowest BCUT2D eigenvalue weighted by Crippen LogP contribution is -2.33. The fourth-order valence-corrected chi connectivity index (χ4v) is 3.32. The van der Waals surface area contributed by atoms with Crippen LogP contribution in [0.4, 0.5) is 23.1 Å². The van der Waals surface area contributed by atoms with Crippen LogP contribution in [0.2, 0.25) is 0 Å². The van der Waals surface area contributed by atoms with Crippen LogP contribution < -0.4 is 15.5 Å². The molecule has 1 aliphatic heterocycles. The molecule has 2 aromatic heterocycles. The first-order valence-electron chi connectivity index (χ1n) is 9.67. The van der Waals surface area contributed by atoms with Gasteiger partial charge in [-0.3, -0.25) is 0 Å². The van der Waals surface area contributed by atoms with Crippen LogP contribution in [0.25, 0.3) is 11.3 Å². The largest absolute Gasteiger partial charge is 0.373 e. The highest BCUT2D eigenvalue weighted by molar-refractivity contribution is 5.66. The highest BCUT2D eigenvalue weighted by Gasteiger charge is 2.17. The molecule has 1 aliphatic rings. The van der Waals surface area contributed by atoms with Gasteiger partial charge in [0.05, 0.1) is 5.69 Å². The van der Waals surface area contributed by atoms with Crippen molar-refractivity contribution in [2.24, 2.45) is 5.92 Å². The molecule has 0 amide bonds. The number of aromatic nitrogens is 4. The van der Waals surface area contributed by atoms with Crippen molar-refractivity contribution >= 4 is 23.1 Å². The lowest BCUT2D eigenvalue weighted by Gasteiger charge is -2.30. The molecule has 144 valence electrons. The molecule has 0 bridgehead atoms. The quantitative estimate of drug-likeness (QED) is 0.699. The minimum absolute atomic E-state index is 0.743. The summed E-state index contributed by atoms with van der Waals surface area (Å²) in [4.78, 5) is 10.7. The summed E-state index contributed by atoms with van der Waals surface area (Å²) >= 11 is 0. The van der Waals surface area contributed by atoms with Gasteiger partial charge in [-0.25, -0.2) is 9.97 Å². The molecule has 1 fully saturated rings. The summed E-state index contributed by atoms with van der Waals surface area (Å²) in [6, 6.07) is 14.1. The Morgan fingerprint density at radius 1 is 0.929 bits per heavy atom. The number of nitrogens with one attached hydrogen (secondary N) is 2. The number of hydrogen-bond donors (Lipinski definition) is 2. The third-order valence-corrected chi connectivity index (χ3v) is 5.13. The first kappa shape index (κ1) is 18.2. The molecule has 3 aromatic rings. The summed E-state index contributed by atoms with van der Waals surface area (Å²) < 4.78 is 0. The first-order valence-corrected chi connectivity index (χ1v) is 9.67. The maximum absolute atomic E-state index is 4.45. The molecular weight excluding hydrogens is 350 g/mol. The average Bonchev–Trinajstić information content (AvgIpc) is 2.75. The molecule has 0 aliphatic carbocycles. The van der Waals surface area contributed by atoms with E-state index in [1.165, 1.54) is 19.2 Å². The van der Waals surface area contributed by atoms with E-state index in [0.29, 0.717) is 0 Å². The van der Waals surface area contributed by atoms with Gasteiger partial charge in [0.15, 0.2) is 5.82 Å². The van der Waals surface area contributed by atoms with E-state index in [-0.39, 0.29) is 0 Å². The van der Waals surface area contributed by atoms with E-state index in [1.807, 2.05) is 43.4 Å². The van der Waals surface area contributed by atoms with Gasteiger partial charge < -0.3 is 15.5 Å². The van der Waals surface area contributed by atoms with Gasteiger partial charge in [-0.2, -0.15) is 0 Å². The first-order chi connectivity index (χ1) is 13.7. The van der Waals surface area contributed by atoms with Gasteiger partial charge in [0.25, 0.3) is 0 Å². The summed E-state index contributed by atoms with van der Waals surface area (Å²) in [6.45, 7) is 4.44. The van der Waals surface area contributed by atoms with Crippen LogP contribution in [0.3, 0.4) is 0 Å². The van der Waals surface area contributed by atoms with Crippen LogP contribution in [-0.4, -0.2) is 40.3 Å². The fourth-order valence-electron chi connectivity index (χ4n) is 3.32. The molecule has 7 nitrogen and oxygen atoms in total. The summed E-state index contributed by atoms with van der Waals surface area (Å²) in [5, 5.41) is 15.2. The van der Waals surface area contributed by atoms with E-state index in [2.05, 4.69) is 48.7 Å². The Labute approximate surface area is 165 Å². The molecule has 3 heterocycles. The lowest BCUT2D eigenvalue weighted by molar-refractivity contribution is 0.436. The maximum Gasteiger partial charge on any atom is 0.151 e. The van der Waals surface area contributed by atoms with E-state index in [1.54, 1.807) is 0 Å². The number of hydrogen-bond acceptors (Lipinski definition) is 7. The smallest absolute Gasteiger partial charge is 0.151 e. The Morgan fingerprint density at radius 2 is 1.68 bits per heavy atom. The molecule has 0 atom stereocenters. The van der Waals surface area contributed by atoms with Crippen LogP contribution in [0.5, 0.6) is 0 Å². The van der Waals surface area contributed by atoms with Crippen LogP contribution in [0, 0.1) is 5.92 Å². The Bertz CT molecular complexity index is 901. The molecular formula is C21H25N7. The topological polar surface area (TPSA) is 78.9 Å². The van der Waals surface area contributed by atoms with Gasteiger partial charge in [-0.1, -0.05) is 19.1 Å². The van der Waals surface area contributed by atoms with Gasteiger partial charge in [-0.05, 0) is 43.0 Å². The van der Waals surface area contributed by atoms with Crippen molar-refractivity contribution in [3.8, 4) is 11.3 Å². The van der Waals surface area contributed by atoms with E-state index in [9.17, 15) is 0 Å². The molecule has 1 saturated heterocycles. The van der Waals surface area contributed by atoms with Gasteiger partial charge in [-0.15, -0.1) is 10.2 Å². The van der Waals surface area contributed by atoms with E-state index >= 15 is 0 Å². The predicted molar refractivity (Wildman–Crippen MR) is 113 cm³/mol. The molecule has 0 saturated carbocycles. The molecule has 0 radical (unpaired) electrons. The van der Waals surface area contributed by atoms with Crippen molar-refractivity contribution in [2.75, 3.05) is 35.7 Å². The standard InChI is InChI=1S/C21H25N7/c1-15-9-11-28(12-10-15)21-8-7-18(26-27-21)16-3-5-17(6-4-16)25-20-13-19(22-2)23-14-24-20/h3-8,13-15H,9-12H2,1-2H3,(H2,22,23,24,25). The monoisotopic (exact) mass is 375 g/mol. The molecule has 7 heteroatoms. The number of anilines is 4. The predicted octanol–water partition coefficient (Wildman–Crippen LogP) is 3.96. The van der Waals surface area contributed by atoms with Gasteiger partial charge in [0, 0.05) is 37.5 Å². The second-order valence-corrected chi connectivity index (χ2v) is 7.19. The normalized spacial score (nSPS) is 14.7. The van der Waals surface area contributed by atoms with Gasteiger partial charge >= 0.3 is 0 Å². The second-order valence-electron chi connectivity index (χ2n) is 7.19. The minimum Gasteiger partial charge on any atom is -0.373 e. The SMILES string of the molecule is CNc1cc(Nc2ccc(-c3ccc(N4CCC(C)CC4)nn3)cc2)ncn1. The summed E-state index contributed by atoms with van der Waals surface area (Å²) in [7, 11) is 1.83. The number of rotatable bonds is 5. The highest BCUT2D eigenvalue weighted by Crippen LogP contribution is 2.24. The van der Waals surface area contributed by atoms with Crippen molar-refractivity contribution in [3.05, 3.63) is 48.8 Å². The molecule has 1 aromatic carbocycles. The summed E-state index contributed by atoms with van der Waals surface area (Å²) in [6.07, 6.45) is 3.97. The lowest BCUT2D eigenvalue weighted by atomic mass is 9.99. The summed E-state index contributed by atoms with van der Waals surface area (Å²) in [5.74, 6) is 3.29. The van der Waals surface area contributed by atoms with Crippen molar-refractivity contribution in [2.45, 2.75) is 19.8 Å². The van der Waals surface area contributed by atoms with Crippen LogP contribution in [0.1, 0.15) is 19.8 Å². The van der Waals surface area contributed by atoms with Crippen molar-refractivity contribution < 1.29 is 0 Å². The fraction of sp³-hybridized carbons (Fsp3) is 0.333.